The van der Waals surface area contributed by atoms with E-state index in [1.807, 2.05) is 0 Å². The van der Waals surface area contributed by atoms with Crippen LogP contribution in [0.15, 0.2) is 10.3 Å². The van der Waals surface area contributed by atoms with Gasteiger partial charge in [0.25, 0.3) is 0 Å². The molecular weight excluding hydrogens is 296 g/mol. The van der Waals surface area contributed by atoms with Crippen LogP contribution >= 0.6 is 0 Å². The number of sulfone groups is 2. The lowest BCUT2D eigenvalue weighted by Crippen LogP contribution is -2.35. The Kier molecular flexibility index (Phi) is 6.63. The molecule has 0 aromatic carbocycles. The fourth-order valence-corrected chi connectivity index (χ4v) is 4.73. The highest BCUT2D eigenvalue weighted by atomic mass is 32.3. The van der Waals surface area contributed by atoms with Crippen molar-refractivity contribution in [2.75, 3.05) is 11.5 Å². The Labute approximate surface area is 113 Å². The van der Waals surface area contributed by atoms with Crippen LogP contribution in [0, 0.1) is 0 Å². The van der Waals surface area contributed by atoms with E-state index in [1.54, 1.807) is 0 Å². The molecule has 0 spiro atoms. The zero-order valence-electron chi connectivity index (χ0n) is 11.0. The van der Waals surface area contributed by atoms with Crippen molar-refractivity contribution in [2.24, 2.45) is 0 Å². The molecule has 0 rings (SSSR count). The number of hydrogen-bond acceptors (Lipinski definition) is 7. The Bertz CT molecular complexity index is 480. The van der Waals surface area contributed by atoms with Crippen LogP contribution in [0.4, 0.5) is 0 Å². The average Bonchev–Trinajstić information content (AvgIpc) is 2.33. The van der Waals surface area contributed by atoms with Gasteiger partial charge in [-0.2, -0.15) is 0 Å². The smallest absolute Gasteiger partial charge is 0.188 e. The predicted molar refractivity (Wildman–Crippen MR) is 70.7 cm³/mol. The summed E-state index contributed by atoms with van der Waals surface area (Å²) >= 11 is 0. The van der Waals surface area contributed by atoms with Gasteiger partial charge < -0.3 is 15.3 Å². The van der Waals surface area contributed by atoms with E-state index in [0.29, 0.717) is 6.08 Å². The lowest BCUT2D eigenvalue weighted by Gasteiger charge is -2.18. The largest absolute Gasteiger partial charge is 0.391 e. The molecule has 3 N–H and O–H groups in total. The third-order valence-corrected chi connectivity index (χ3v) is 7.07. The molecule has 3 unspecified atom stereocenters. The molecule has 7 nitrogen and oxygen atoms in total. The highest BCUT2D eigenvalue weighted by molar-refractivity contribution is 8.14. The van der Waals surface area contributed by atoms with Gasteiger partial charge in [-0.1, -0.05) is 13.8 Å². The fourth-order valence-electron chi connectivity index (χ4n) is 1.21. The Morgan fingerprint density at radius 3 is 1.63 bits per heavy atom. The van der Waals surface area contributed by atoms with Gasteiger partial charge in [0.1, 0.15) is 12.2 Å². The predicted octanol–water partition coefficient (Wildman–Crippen LogP) is -1.20. The summed E-state index contributed by atoms with van der Waals surface area (Å²) in [5.74, 6) is -0.898. The van der Waals surface area contributed by atoms with Crippen LogP contribution in [-0.4, -0.2) is 62.0 Å². The topological polar surface area (TPSA) is 129 Å². The molecule has 0 saturated carbocycles. The van der Waals surface area contributed by atoms with Crippen LogP contribution in [-0.2, 0) is 19.7 Å². The molecule has 0 aliphatic rings. The van der Waals surface area contributed by atoms with Crippen LogP contribution in [0.5, 0.6) is 0 Å². The normalized spacial score (nSPS) is 17.6. The highest BCUT2D eigenvalue weighted by Gasteiger charge is 2.30. The number of hydrogen-bond donors (Lipinski definition) is 3. The van der Waals surface area contributed by atoms with Crippen molar-refractivity contribution in [1.82, 2.24) is 0 Å². The van der Waals surface area contributed by atoms with Crippen LogP contribution in [0.2, 0.25) is 0 Å². The highest BCUT2D eigenvalue weighted by Crippen LogP contribution is 2.19. The van der Waals surface area contributed by atoms with Gasteiger partial charge in [-0.15, -0.1) is 0 Å². The molecule has 0 aliphatic carbocycles. The Morgan fingerprint density at radius 2 is 1.37 bits per heavy atom. The lowest BCUT2D eigenvalue weighted by molar-refractivity contribution is -0.0327. The minimum Gasteiger partial charge on any atom is -0.391 e. The van der Waals surface area contributed by atoms with Crippen molar-refractivity contribution < 1.29 is 32.2 Å². The van der Waals surface area contributed by atoms with E-state index >= 15 is 0 Å². The zero-order chi connectivity index (χ0) is 15.4. The van der Waals surface area contributed by atoms with Gasteiger partial charge in [-0.25, -0.2) is 16.8 Å². The molecule has 0 radical (unpaired) electrons. The van der Waals surface area contributed by atoms with Gasteiger partial charge in [-0.3, -0.25) is 0 Å². The van der Waals surface area contributed by atoms with Gasteiger partial charge in [0.15, 0.2) is 23.9 Å². The third kappa shape index (κ3) is 4.84. The third-order valence-electron chi connectivity index (χ3n) is 2.52. The first-order valence-electron chi connectivity index (χ1n) is 5.71. The molecule has 3 atom stereocenters. The second-order valence-corrected chi connectivity index (χ2v) is 8.77. The van der Waals surface area contributed by atoms with E-state index in [4.69, 9.17) is 5.11 Å². The molecule has 0 aromatic rings. The standard InChI is InChI=1S/C10H20O7S2/c1-4-18(14,15)9(19(16,17)5-2)6-8(12)10(13)7(3)11/h6-8,10-13H,4-5H2,1-3H3. The molecule has 0 bridgehead atoms. The maximum atomic E-state index is 11.7. The molecule has 19 heavy (non-hydrogen) atoms. The number of rotatable bonds is 7. The summed E-state index contributed by atoms with van der Waals surface area (Å²) in [5, 5.41) is 28.0. The first-order chi connectivity index (χ1) is 8.49. The Morgan fingerprint density at radius 1 is 1.00 bits per heavy atom. The monoisotopic (exact) mass is 316 g/mol. The Hall–Kier alpha value is -0.480. The van der Waals surface area contributed by atoms with E-state index in [0.717, 1.165) is 0 Å². The molecule has 0 amide bonds. The van der Waals surface area contributed by atoms with Crippen LogP contribution in [0.3, 0.4) is 0 Å². The first kappa shape index (κ1) is 18.5. The Balaban J connectivity index is 5.79. The lowest BCUT2D eigenvalue weighted by atomic mass is 10.1. The van der Waals surface area contributed by atoms with Crippen molar-refractivity contribution in [1.29, 1.82) is 0 Å². The van der Waals surface area contributed by atoms with Gasteiger partial charge in [0, 0.05) is 0 Å². The first-order valence-corrected chi connectivity index (χ1v) is 9.01. The molecule has 0 saturated heterocycles. The summed E-state index contributed by atoms with van der Waals surface area (Å²) in [6.07, 6.45) is -4.23. The molecule has 9 heteroatoms. The summed E-state index contributed by atoms with van der Waals surface area (Å²) in [6, 6.07) is 0. The van der Waals surface area contributed by atoms with Crippen molar-refractivity contribution in [3.05, 3.63) is 10.3 Å². The molecule has 0 heterocycles. The van der Waals surface area contributed by atoms with Gasteiger partial charge in [0.2, 0.25) is 0 Å². The van der Waals surface area contributed by atoms with E-state index < -0.39 is 53.7 Å². The van der Waals surface area contributed by atoms with Crippen LogP contribution in [0.25, 0.3) is 0 Å². The summed E-state index contributed by atoms with van der Waals surface area (Å²) in [4.78, 5) is 0. The number of aliphatic hydroxyl groups excluding tert-OH is 3. The van der Waals surface area contributed by atoms with E-state index in [1.165, 1.54) is 20.8 Å². The second kappa shape index (κ2) is 6.80. The summed E-state index contributed by atoms with van der Waals surface area (Å²) in [6.45, 7) is 3.72. The zero-order valence-corrected chi connectivity index (χ0v) is 12.6. The van der Waals surface area contributed by atoms with Crippen molar-refractivity contribution in [2.45, 2.75) is 39.1 Å². The molecule has 0 fully saturated rings. The summed E-state index contributed by atoms with van der Waals surface area (Å²) in [7, 11) is -8.13. The SMILES string of the molecule is CCS(=O)(=O)C(=CC(O)C(O)C(C)O)S(=O)(=O)CC. The maximum Gasteiger partial charge on any atom is 0.188 e. The molecular formula is C10H20O7S2. The van der Waals surface area contributed by atoms with Crippen molar-refractivity contribution in [3.8, 4) is 0 Å². The van der Waals surface area contributed by atoms with Gasteiger partial charge in [0.05, 0.1) is 17.6 Å². The molecule has 0 aromatic heterocycles. The average molecular weight is 316 g/mol. The van der Waals surface area contributed by atoms with Crippen LogP contribution in [0.1, 0.15) is 20.8 Å². The fraction of sp³-hybridized carbons (Fsp3) is 0.800. The van der Waals surface area contributed by atoms with Gasteiger partial charge >= 0.3 is 0 Å². The van der Waals surface area contributed by atoms with Crippen molar-refractivity contribution in [3.63, 3.8) is 0 Å². The summed E-state index contributed by atoms with van der Waals surface area (Å²) in [5.41, 5.74) is 0. The van der Waals surface area contributed by atoms with Crippen molar-refractivity contribution >= 4 is 19.7 Å². The van der Waals surface area contributed by atoms with E-state index in [2.05, 4.69) is 0 Å². The van der Waals surface area contributed by atoms with Crippen LogP contribution < -0.4 is 0 Å². The van der Waals surface area contributed by atoms with E-state index in [-0.39, 0.29) is 0 Å². The molecule has 114 valence electrons. The maximum absolute atomic E-state index is 11.7. The van der Waals surface area contributed by atoms with E-state index in [9.17, 15) is 27.0 Å². The minimum absolute atomic E-state index is 0.449. The second-order valence-electron chi connectivity index (χ2n) is 4.01. The molecule has 0 aliphatic heterocycles. The quantitative estimate of drug-likeness (QED) is 0.538. The number of aliphatic hydroxyl groups is 3. The summed E-state index contributed by atoms with van der Waals surface area (Å²) < 4.78 is 46.0. The minimum atomic E-state index is -4.06. The van der Waals surface area contributed by atoms with Gasteiger partial charge in [-0.05, 0) is 13.0 Å².